The zero-order chi connectivity index (χ0) is 22.1. The molecule has 2 N–H and O–H groups in total. The molecule has 30 heavy (non-hydrogen) atoms. The van der Waals surface area contributed by atoms with Crippen molar-refractivity contribution in [3.05, 3.63) is 54.1 Å². The monoisotopic (exact) mass is 434 g/mol. The Hall–Kier alpha value is -2.58. The minimum Gasteiger partial charge on any atom is -0.493 e. The fourth-order valence-electron chi connectivity index (χ4n) is 3.13. The minimum absolute atomic E-state index is 0.00683. The molecule has 1 amide bonds. The van der Waals surface area contributed by atoms with Crippen molar-refractivity contribution in [1.82, 2.24) is 10.0 Å². The van der Waals surface area contributed by atoms with E-state index in [1.165, 1.54) is 32.4 Å². The van der Waals surface area contributed by atoms with E-state index in [4.69, 9.17) is 9.47 Å². The minimum atomic E-state index is -3.98. The van der Waals surface area contributed by atoms with Crippen LogP contribution in [-0.2, 0) is 21.2 Å². The van der Waals surface area contributed by atoms with E-state index >= 15 is 0 Å². The lowest BCUT2D eigenvalue weighted by molar-refractivity contribution is -0.123. The molecule has 0 aliphatic heterocycles. The third kappa shape index (κ3) is 6.47. The summed E-state index contributed by atoms with van der Waals surface area (Å²) in [5.74, 6) is 0.355. The van der Waals surface area contributed by atoms with Gasteiger partial charge in [-0.1, -0.05) is 43.7 Å². The zero-order valence-electron chi connectivity index (χ0n) is 17.8. The van der Waals surface area contributed by atoms with Gasteiger partial charge in [-0.15, -0.1) is 0 Å². The quantitative estimate of drug-likeness (QED) is 0.567. The van der Waals surface area contributed by atoms with Crippen LogP contribution in [0.1, 0.15) is 32.3 Å². The van der Waals surface area contributed by atoms with Gasteiger partial charge in [-0.2, -0.15) is 4.72 Å². The molecule has 0 radical (unpaired) electrons. The van der Waals surface area contributed by atoms with Crippen molar-refractivity contribution in [2.24, 2.45) is 0 Å². The Morgan fingerprint density at radius 1 is 1.03 bits per heavy atom. The molecule has 0 fully saturated rings. The van der Waals surface area contributed by atoms with Crippen LogP contribution in [0.5, 0.6) is 11.5 Å². The van der Waals surface area contributed by atoms with Crippen LogP contribution >= 0.6 is 0 Å². The number of carbonyl (C=O) groups is 1. The summed E-state index contributed by atoms with van der Waals surface area (Å²) >= 11 is 0. The summed E-state index contributed by atoms with van der Waals surface area (Å²) in [6.45, 7) is 3.94. The highest BCUT2D eigenvalue weighted by Gasteiger charge is 2.27. The number of carbonyl (C=O) groups excluding carboxylic acids is 1. The molecule has 2 rings (SSSR count). The third-order valence-electron chi connectivity index (χ3n) is 4.67. The first-order chi connectivity index (χ1) is 14.3. The predicted molar refractivity (Wildman–Crippen MR) is 116 cm³/mol. The van der Waals surface area contributed by atoms with Gasteiger partial charge < -0.3 is 14.8 Å². The molecule has 2 aromatic rings. The molecule has 2 aromatic carbocycles. The van der Waals surface area contributed by atoms with E-state index in [1.54, 1.807) is 0 Å². The summed E-state index contributed by atoms with van der Waals surface area (Å²) < 4.78 is 39.0. The lowest BCUT2D eigenvalue weighted by Gasteiger charge is -2.21. The van der Waals surface area contributed by atoms with Crippen LogP contribution in [0.3, 0.4) is 0 Å². The standard InChI is InChI=1S/C22H30N2O5S/c1-5-9-16(2)23-22(25)19(14-17-10-7-6-8-11-17)24-30(26,27)18-12-13-20(28-3)21(15-18)29-4/h6-8,10-13,15-16,19,24H,5,9,14H2,1-4H3,(H,23,25). The largest absolute Gasteiger partial charge is 0.493 e. The fourth-order valence-corrected chi connectivity index (χ4v) is 4.34. The summed E-state index contributed by atoms with van der Waals surface area (Å²) in [4.78, 5) is 12.9. The Morgan fingerprint density at radius 2 is 1.70 bits per heavy atom. The Labute approximate surface area is 178 Å². The van der Waals surface area contributed by atoms with Crippen molar-refractivity contribution in [2.45, 2.75) is 50.1 Å². The van der Waals surface area contributed by atoms with Gasteiger partial charge in [0.15, 0.2) is 11.5 Å². The first-order valence-electron chi connectivity index (χ1n) is 9.89. The highest BCUT2D eigenvalue weighted by Crippen LogP contribution is 2.29. The average molecular weight is 435 g/mol. The molecular formula is C22H30N2O5S. The van der Waals surface area contributed by atoms with Gasteiger partial charge in [0.2, 0.25) is 15.9 Å². The third-order valence-corrected chi connectivity index (χ3v) is 6.14. The van der Waals surface area contributed by atoms with Crippen LogP contribution in [0, 0.1) is 0 Å². The highest BCUT2D eigenvalue weighted by molar-refractivity contribution is 7.89. The molecule has 0 bridgehead atoms. The predicted octanol–water partition coefficient (Wildman–Crippen LogP) is 2.90. The molecule has 0 saturated heterocycles. The van der Waals surface area contributed by atoms with E-state index in [1.807, 2.05) is 44.2 Å². The zero-order valence-corrected chi connectivity index (χ0v) is 18.7. The van der Waals surface area contributed by atoms with Crippen molar-refractivity contribution in [2.75, 3.05) is 14.2 Å². The number of benzene rings is 2. The Bertz CT molecular complexity index is 932. The summed E-state index contributed by atoms with van der Waals surface area (Å²) in [5.41, 5.74) is 0.857. The van der Waals surface area contributed by atoms with E-state index in [9.17, 15) is 13.2 Å². The summed E-state index contributed by atoms with van der Waals surface area (Å²) in [5, 5.41) is 2.91. The topological polar surface area (TPSA) is 93.7 Å². The van der Waals surface area contributed by atoms with Crippen LogP contribution in [0.2, 0.25) is 0 Å². The van der Waals surface area contributed by atoms with E-state index in [2.05, 4.69) is 10.0 Å². The van der Waals surface area contributed by atoms with Crippen LogP contribution in [0.25, 0.3) is 0 Å². The van der Waals surface area contributed by atoms with Crippen LogP contribution in [0.15, 0.2) is 53.4 Å². The molecule has 164 valence electrons. The molecule has 0 spiro atoms. The van der Waals surface area contributed by atoms with Crippen molar-refractivity contribution in [3.8, 4) is 11.5 Å². The molecule has 2 unspecified atom stereocenters. The molecule has 0 aliphatic carbocycles. The van der Waals surface area contributed by atoms with Crippen LogP contribution < -0.4 is 19.5 Å². The van der Waals surface area contributed by atoms with Crippen LogP contribution in [-0.4, -0.2) is 40.6 Å². The van der Waals surface area contributed by atoms with Gasteiger partial charge in [-0.05, 0) is 37.5 Å². The smallest absolute Gasteiger partial charge is 0.241 e. The molecule has 0 aromatic heterocycles. The van der Waals surface area contributed by atoms with Gasteiger partial charge in [0.05, 0.1) is 19.1 Å². The van der Waals surface area contributed by atoms with Gasteiger partial charge in [-0.3, -0.25) is 4.79 Å². The molecule has 0 saturated carbocycles. The lowest BCUT2D eigenvalue weighted by Crippen LogP contribution is -2.50. The molecule has 8 heteroatoms. The summed E-state index contributed by atoms with van der Waals surface area (Å²) in [7, 11) is -1.07. The maximum Gasteiger partial charge on any atom is 0.241 e. The molecule has 0 heterocycles. The van der Waals surface area contributed by atoms with Gasteiger partial charge in [0.1, 0.15) is 6.04 Å². The number of nitrogens with one attached hydrogen (secondary N) is 2. The highest BCUT2D eigenvalue weighted by atomic mass is 32.2. The number of methoxy groups -OCH3 is 2. The summed E-state index contributed by atoms with van der Waals surface area (Å²) in [6, 6.07) is 12.6. The number of ether oxygens (including phenoxy) is 2. The number of rotatable bonds is 11. The number of hydrogen-bond acceptors (Lipinski definition) is 5. The molecular weight excluding hydrogens is 404 g/mol. The van der Waals surface area contributed by atoms with E-state index < -0.39 is 16.1 Å². The van der Waals surface area contributed by atoms with Crippen molar-refractivity contribution in [1.29, 1.82) is 0 Å². The van der Waals surface area contributed by atoms with E-state index in [-0.39, 0.29) is 23.3 Å². The lowest BCUT2D eigenvalue weighted by atomic mass is 10.1. The average Bonchev–Trinajstić information content (AvgIpc) is 2.73. The second-order valence-electron chi connectivity index (χ2n) is 7.08. The maximum absolute atomic E-state index is 13.0. The first-order valence-corrected chi connectivity index (χ1v) is 11.4. The Kier molecular flexibility index (Phi) is 8.68. The van der Waals surface area contributed by atoms with E-state index in [0.717, 1.165) is 18.4 Å². The molecule has 0 aliphatic rings. The van der Waals surface area contributed by atoms with Crippen LogP contribution in [0.4, 0.5) is 0 Å². The van der Waals surface area contributed by atoms with Gasteiger partial charge in [0, 0.05) is 12.1 Å². The van der Waals surface area contributed by atoms with Crippen molar-refractivity contribution >= 4 is 15.9 Å². The van der Waals surface area contributed by atoms with E-state index in [0.29, 0.717) is 11.5 Å². The summed E-state index contributed by atoms with van der Waals surface area (Å²) in [6.07, 6.45) is 1.96. The van der Waals surface area contributed by atoms with Gasteiger partial charge in [-0.25, -0.2) is 8.42 Å². The molecule has 2 atom stereocenters. The SMILES string of the molecule is CCCC(C)NC(=O)C(Cc1ccccc1)NS(=O)(=O)c1ccc(OC)c(OC)c1. The Balaban J connectivity index is 2.30. The number of hydrogen-bond donors (Lipinski definition) is 2. The van der Waals surface area contributed by atoms with Gasteiger partial charge >= 0.3 is 0 Å². The maximum atomic E-state index is 13.0. The Morgan fingerprint density at radius 3 is 2.30 bits per heavy atom. The van der Waals surface area contributed by atoms with Crippen molar-refractivity contribution < 1.29 is 22.7 Å². The first kappa shape index (κ1) is 23.7. The number of amides is 1. The fraction of sp³-hybridized carbons (Fsp3) is 0.409. The number of sulfonamides is 1. The normalized spacial score (nSPS) is 13.3. The molecule has 7 nitrogen and oxygen atoms in total. The second-order valence-corrected chi connectivity index (χ2v) is 8.79. The second kappa shape index (κ2) is 11.0. The van der Waals surface area contributed by atoms with Gasteiger partial charge in [0.25, 0.3) is 0 Å². The van der Waals surface area contributed by atoms with Crippen molar-refractivity contribution in [3.63, 3.8) is 0 Å².